The Balaban J connectivity index is 2.44. The van der Waals surface area contributed by atoms with Crippen LogP contribution in [0.5, 0.6) is 0 Å². The standard InChI is InChI=1S/C21H20/c1-3-11-19(4-2)21(20-14-9-6-10-15-20)17-16-18-12-7-5-8-13-18/h3-10,12-17H,1-2,11H2. The maximum atomic E-state index is 3.94. The van der Waals surface area contributed by atoms with Crippen LogP contribution in [-0.4, -0.2) is 0 Å². The number of benzene rings is 2. The molecule has 21 heavy (non-hydrogen) atoms. The third-order valence-electron chi connectivity index (χ3n) is 3.28. The zero-order valence-electron chi connectivity index (χ0n) is 12.2. The van der Waals surface area contributed by atoms with E-state index in [0.29, 0.717) is 0 Å². The normalized spacial score (nSPS) is 12.0. The predicted octanol–water partition coefficient (Wildman–Crippen LogP) is 5.92. The third-order valence-corrected chi connectivity index (χ3v) is 3.28. The van der Waals surface area contributed by atoms with Gasteiger partial charge >= 0.3 is 0 Å². The van der Waals surface area contributed by atoms with Crippen molar-refractivity contribution in [2.24, 2.45) is 0 Å². The van der Waals surface area contributed by atoms with Crippen LogP contribution in [0.25, 0.3) is 11.6 Å². The van der Waals surface area contributed by atoms with Crippen LogP contribution in [0, 0.1) is 0 Å². The highest BCUT2D eigenvalue weighted by molar-refractivity contribution is 5.82. The van der Waals surface area contributed by atoms with E-state index in [1.165, 1.54) is 22.3 Å². The molecule has 0 N–H and O–H groups in total. The van der Waals surface area contributed by atoms with Gasteiger partial charge in [0.2, 0.25) is 0 Å². The average Bonchev–Trinajstić information content (AvgIpc) is 2.56. The van der Waals surface area contributed by atoms with Gasteiger partial charge in [0.05, 0.1) is 0 Å². The molecular formula is C21H20. The van der Waals surface area contributed by atoms with Crippen LogP contribution < -0.4 is 0 Å². The number of hydrogen-bond acceptors (Lipinski definition) is 0. The Morgan fingerprint density at radius 1 is 0.857 bits per heavy atom. The van der Waals surface area contributed by atoms with Gasteiger partial charge < -0.3 is 0 Å². The average molecular weight is 272 g/mol. The predicted molar refractivity (Wildman–Crippen MR) is 93.8 cm³/mol. The van der Waals surface area contributed by atoms with Crippen molar-refractivity contribution in [3.05, 3.63) is 109 Å². The second-order valence-electron chi connectivity index (χ2n) is 4.75. The summed E-state index contributed by atoms with van der Waals surface area (Å²) in [6.45, 7) is 7.78. The Bertz CT molecular complexity index is 643. The Labute approximate surface area is 127 Å². The van der Waals surface area contributed by atoms with E-state index in [0.717, 1.165) is 6.42 Å². The molecule has 0 aliphatic rings. The first kappa shape index (κ1) is 14.8. The van der Waals surface area contributed by atoms with Gasteiger partial charge in [-0.25, -0.2) is 0 Å². The number of rotatable bonds is 6. The Hall–Kier alpha value is -2.60. The van der Waals surface area contributed by atoms with Crippen molar-refractivity contribution < 1.29 is 0 Å². The minimum absolute atomic E-state index is 0.812. The van der Waals surface area contributed by atoms with E-state index in [1.54, 1.807) is 0 Å². The zero-order chi connectivity index (χ0) is 14.9. The molecule has 2 rings (SSSR count). The second kappa shape index (κ2) is 7.86. The highest BCUT2D eigenvalue weighted by atomic mass is 14.1. The first-order valence-electron chi connectivity index (χ1n) is 7.10. The molecule has 0 heteroatoms. The molecule has 0 nitrogen and oxygen atoms in total. The van der Waals surface area contributed by atoms with Gasteiger partial charge in [-0.2, -0.15) is 0 Å². The van der Waals surface area contributed by atoms with Gasteiger partial charge in [0.15, 0.2) is 0 Å². The fourth-order valence-corrected chi connectivity index (χ4v) is 2.21. The number of allylic oxidation sites excluding steroid dienone is 5. The van der Waals surface area contributed by atoms with E-state index in [1.807, 2.05) is 36.4 Å². The van der Waals surface area contributed by atoms with Crippen LogP contribution in [0.15, 0.2) is 97.6 Å². The number of hydrogen-bond donors (Lipinski definition) is 0. The Morgan fingerprint density at radius 2 is 1.48 bits per heavy atom. The van der Waals surface area contributed by atoms with E-state index in [-0.39, 0.29) is 0 Å². The van der Waals surface area contributed by atoms with Crippen molar-refractivity contribution in [3.63, 3.8) is 0 Å². The van der Waals surface area contributed by atoms with Crippen LogP contribution in [0.1, 0.15) is 17.5 Å². The largest absolute Gasteiger partial charge is 0.103 e. The van der Waals surface area contributed by atoms with Crippen LogP contribution in [-0.2, 0) is 0 Å². The molecule has 0 saturated carbocycles. The third kappa shape index (κ3) is 4.19. The van der Waals surface area contributed by atoms with E-state index in [2.05, 4.69) is 61.7 Å². The van der Waals surface area contributed by atoms with Gasteiger partial charge in [-0.3, -0.25) is 0 Å². The molecule has 0 aliphatic heterocycles. The van der Waals surface area contributed by atoms with E-state index in [4.69, 9.17) is 0 Å². The second-order valence-corrected chi connectivity index (χ2v) is 4.75. The highest BCUT2D eigenvalue weighted by Gasteiger charge is 2.03. The van der Waals surface area contributed by atoms with Gasteiger partial charge in [-0.1, -0.05) is 91.5 Å². The molecule has 0 amide bonds. The SMILES string of the molecule is C=CCC(C=C)=C(C=Cc1ccccc1)c1ccccc1. The molecule has 2 aromatic carbocycles. The zero-order valence-corrected chi connectivity index (χ0v) is 12.2. The lowest BCUT2D eigenvalue weighted by Gasteiger charge is -2.08. The molecule has 0 heterocycles. The molecule has 104 valence electrons. The molecule has 0 spiro atoms. The van der Waals surface area contributed by atoms with Crippen LogP contribution >= 0.6 is 0 Å². The Kier molecular flexibility index (Phi) is 5.54. The molecule has 0 unspecified atom stereocenters. The van der Waals surface area contributed by atoms with Crippen molar-refractivity contribution >= 4 is 11.6 Å². The maximum absolute atomic E-state index is 3.94. The molecule has 0 bridgehead atoms. The van der Waals surface area contributed by atoms with Crippen molar-refractivity contribution in [3.8, 4) is 0 Å². The lowest BCUT2D eigenvalue weighted by molar-refractivity contribution is 1.30. The quantitative estimate of drug-likeness (QED) is 0.452. The smallest absolute Gasteiger partial charge is 0.00942 e. The Morgan fingerprint density at radius 3 is 2.05 bits per heavy atom. The lowest BCUT2D eigenvalue weighted by Crippen LogP contribution is -1.87. The fraction of sp³-hybridized carbons (Fsp3) is 0.0476. The van der Waals surface area contributed by atoms with Gasteiger partial charge in [0.25, 0.3) is 0 Å². The molecule has 0 fully saturated rings. The topological polar surface area (TPSA) is 0 Å². The monoisotopic (exact) mass is 272 g/mol. The van der Waals surface area contributed by atoms with Gasteiger partial charge in [0, 0.05) is 0 Å². The first-order valence-corrected chi connectivity index (χ1v) is 7.10. The minimum atomic E-state index is 0.812. The molecule has 0 aromatic heterocycles. The summed E-state index contributed by atoms with van der Waals surface area (Å²) in [6, 6.07) is 20.7. The van der Waals surface area contributed by atoms with Crippen molar-refractivity contribution in [1.82, 2.24) is 0 Å². The van der Waals surface area contributed by atoms with E-state index in [9.17, 15) is 0 Å². The van der Waals surface area contributed by atoms with Gasteiger partial charge in [-0.15, -0.1) is 6.58 Å². The van der Waals surface area contributed by atoms with Crippen molar-refractivity contribution in [1.29, 1.82) is 0 Å². The summed E-state index contributed by atoms with van der Waals surface area (Å²) in [4.78, 5) is 0. The van der Waals surface area contributed by atoms with Gasteiger partial charge in [0.1, 0.15) is 0 Å². The van der Waals surface area contributed by atoms with E-state index >= 15 is 0 Å². The molecule has 0 atom stereocenters. The summed E-state index contributed by atoms with van der Waals surface area (Å²) in [5.74, 6) is 0. The summed E-state index contributed by atoms with van der Waals surface area (Å²) >= 11 is 0. The molecule has 0 radical (unpaired) electrons. The summed E-state index contributed by atoms with van der Waals surface area (Å²) < 4.78 is 0. The molecule has 0 aliphatic carbocycles. The summed E-state index contributed by atoms with van der Waals surface area (Å²) in [5.41, 5.74) is 4.76. The van der Waals surface area contributed by atoms with Gasteiger partial charge in [-0.05, 0) is 28.7 Å². The molecular weight excluding hydrogens is 252 g/mol. The lowest BCUT2D eigenvalue weighted by atomic mass is 9.96. The fourth-order valence-electron chi connectivity index (χ4n) is 2.21. The summed E-state index contributed by atoms with van der Waals surface area (Å²) in [7, 11) is 0. The van der Waals surface area contributed by atoms with Crippen molar-refractivity contribution in [2.45, 2.75) is 6.42 Å². The summed E-state index contributed by atoms with van der Waals surface area (Å²) in [5, 5.41) is 0. The van der Waals surface area contributed by atoms with E-state index < -0.39 is 0 Å². The first-order chi connectivity index (χ1) is 10.3. The highest BCUT2D eigenvalue weighted by Crippen LogP contribution is 2.24. The molecule has 2 aromatic rings. The van der Waals surface area contributed by atoms with Crippen LogP contribution in [0.2, 0.25) is 0 Å². The minimum Gasteiger partial charge on any atom is -0.103 e. The van der Waals surface area contributed by atoms with Crippen molar-refractivity contribution in [2.75, 3.05) is 0 Å². The maximum Gasteiger partial charge on any atom is -0.00942 e. The summed E-state index contributed by atoms with van der Waals surface area (Å²) in [6.07, 6.45) is 8.93. The van der Waals surface area contributed by atoms with Crippen LogP contribution in [0.4, 0.5) is 0 Å². The molecule has 0 saturated heterocycles. The van der Waals surface area contributed by atoms with Crippen LogP contribution in [0.3, 0.4) is 0 Å².